The number of carbonyl (C=O) groups is 3. The zero-order chi connectivity index (χ0) is 17.8. The third kappa shape index (κ3) is 7.45. The molecule has 1 unspecified atom stereocenters. The predicted molar refractivity (Wildman–Crippen MR) is 89.8 cm³/mol. The quantitative estimate of drug-likeness (QED) is 0.399. The second kappa shape index (κ2) is 10.8. The molecule has 0 saturated heterocycles. The third-order valence-electron chi connectivity index (χ3n) is 3.27. The Kier molecular flexibility index (Phi) is 8.69. The molecule has 0 aliphatic carbocycles. The Morgan fingerprint density at radius 2 is 1.92 bits per heavy atom. The van der Waals surface area contributed by atoms with Gasteiger partial charge in [-0.15, -0.1) is 12.3 Å². The number of rotatable bonds is 9. The number of methoxy groups -OCH3 is 1. The first-order valence-electron chi connectivity index (χ1n) is 7.68. The summed E-state index contributed by atoms with van der Waals surface area (Å²) in [4.78, 5) is 35.3. The van der Waals surface area contributed by atoms with E-state index >= 15 is 0 Å². The minimum Gasteiger partial charge on any atom is -0.467 e. The number of hydrogen-bond acceptors (Lipinski definition) is 4. The van der Waals surface area contributed by atoms with Crippen LogP contribution in [0.25, 0.3) is 0 Å². The summed E-state index contributed by atoms with van der Waals surface area (Å²) < 4.78 is 4.72. The maximum absolute atomic E-state index is 11.9. The van der Waals surface area contributed by atoms with Crippen molar-refractivity contribution in [3.63, 3.8) is 0 Å². The van der Waals surface area contributed by atoms with Crippen molar-refractivity contribution in [3.8, 4) is 12.3 Å². The number of ether oxygens (including phenoxy) is 1. The Labute approximate surface area is 142 Å². The van der Waals surface area contributed by atoms with Crippen LogP contribution in [0.2, 0.25) is 0 Å². The average Bonchev–Trinajstić information content (AvgIpc) is 2.60. The van der Waals surface area contributed by atoms with E-state index in [4.69, 9.17) is 11.2 Å². The van der Waals surface area contributed by atoms with E-state index in [1.807, 2.05) is 30.3 Å². The molecule has 0 aromatic heterocycles. The van der Waals surface area contributed by atoms with Crippen molar-refractivity contribution in [3.05, 3.63) is 35.9 Å². The van der Waals surface area contributed by atoms with Gasteiger partial charge in [0.2, 0.25) is 11.8 Å². The number of benzene rings is 1. The molecule has 0 heterocycles. The van der Waals surface area contributed by atoms with Crippen LogP contribution in [-0.2, 0) is 25.5 Å². The van der Waals surface area contributed by atoms with Gasteiger partial charge in [0.15, 0.2) is 0 Å². The highest BCUT2D eigenvalue weighted by atomic mass is 16.5. The molecule has 6 nitrogen and oxygen atoms in total. The molecule has 2 N–H and O–H groups in total. The second-order valence-electron chi connectivity index (χ2n) is 5.17. The molecule has 0 bridgehead atoms. The maximum atomic E-state index is 11.9. The fraction of sp³-hybridized carbons (Fsp3) is 0.389. The molecular formula is C18H22N2O4. The number of unbranched alkanes of at least 4 members (excludes halogenated alkanes) is 1. The lowest BCUT2D eigenvalue weighted by atomic mass is 10.1. The lowest BCUT2D eigenvalue weighted by molar-refractivity contribution is -0.145. The Morgan fingerprint density at radius 1 is 1.21 bits per heavy atom. The minimum absolute atomic E-state index is 0.197. The summed E-state index contributed by atoms with van der Waals surface area (Å²) in [6.45, 7) is -0.197. The van der Waals surface area contributed by atoms with Crippen molar-refractivity contribution in [2.24, 2.45) is 0 Å². The Morgan fingerprint density at radius 3 is 2.54 bits per heavy atom. The summed E-state index contributed by atoms with van der Waals surface area (Å²) in [5.74, 6) is 1.21. The molecule has 0 aliphatic heterocycles. The first-order valence-corrected chi connectivity index (χ1v) is 7.68. The molecule has 1 atom stereocenters. The number of hydrogen-bond donors (Lipinski definition) is 2. The number of terminal acetylenes is 1. The van der Waals surface area contributed by atoms with E-state index < -0.39 is 17.9 Å². The van der Waals surface area contributed by atoms with Crippen LogP contribution < -0.4 is 10.6 Å². The molecule has 0 fully saturated rings. The predicted octanol–water partition coefficient (Wildman–Crippen LogP) is 0.807. The number of nitrogens with one attached hydrogen (secondary N) is 2. The van der Waals surface area contributed by atoms with Gasteiger partial charge in [-0.05, 0) is 12.0 Å². The zero-order valence-corrected chi connectivity index (χ0v) is 13.7. The van der Waals surface area contributed by atoms with E-state index in [1.54, 1.807) is 0 Å². The summed E-state index contributed by atoms with van der Waals surface area (Å²) in [6.07, 6.45) is 6.77. The van der Waals surface area contributed by atoms with E-state index in [9.17, 15) is 14.4 Å². The first-order chi connectivity index (χ1) is 11.6. The number of esters is 1. The van der Waals surface area contributed by atoms with E-state index in [1.165, 1.54) is 7.11 Å². The van der Waals surface area contributed by atoms with E-state index in [2.05, 4.69) is 16.6 Å². The normalized spacial score (nSPS) is 11.0. The van der Waals surface area contributed by atoms with Crippen LogP contribution in [0.4, 0.5) is 0 Å². The molecule has 1 aromatic rings. The van der Waals surface area contributed by atoms with Crippen molar-refractivity contribution in [1.29, 1.82) is 0 Å². The lowest BCUT2D eigenvalue weighted by Crippen LogP contribution is -2.47. The summed E-state index contributed by atoms with van der Waals surface area (Å²) in [7, 11) is 1.26. The fourth-order valence-corrected chi connectivity index (χ4v) is 2.05. The molecule has 1 rings (SSSR count). The zero-order valence-electron chi connectivity index (χ0n) is 13.7. The molecule has 0 saturated carbocycles. The van der Waals surface area contributed by atoms with Gasteiger partial charge in [0.25, 0.3) is 0 Å². The smallest absolute Gasteiger partial charge is 0.328 e. The maximum Gasteiger partial charge on any atom is 0.328 e. The van der Waals surface area contributed by atoms with Crippen molar-refractivity contribution < 1.29 is 19.1 Å². The minimum atomic E-state index is -0.803. The van der Waals surface area contributed by atoms with Crippen molar-refractivity contribution >= 4 is 17.8 Å². The van der Waals surface area contributed by atoms with E-state index in [0.717, 1.165) is 5.56 Å². The largest absolute Gasteiger partial charge is 0.467 e. The van der Waals surface area contributed by atoms with Crippen LogP contribution in [0.3, 0.4) is 0 Å². The van der Waals surface area contributed by atoms with Gasteiger partial charge in [0.05, 0.1) is 13.7 Å². The molecule has 6 heteroatoms. The van der Waals surface area contributed by atoms with Crippen LogP contribution in [-0.4, -0.2) is 37.5 Å². The molecular weight excluding hydrogens is 308 g/mol. The van der Waals surface area contributed by atoms with Gasteiger partial charge in [-0.3, -0.25) is 9.59 Å². The summed E-state index contributed by atoms with van der Waals surface area (Å²) in [5.41, 5.74) is 0.895. The van der Waals surface area contributed by atoms with Gasteiger partial charge in [0.1, 0.15) is 6.04 Å². The van der Waals surface area contributed by atoms with Crippen molar-refractivity contribution in [2.45, 2.75) is 31.7 Å². The van der Waals surface area contributed by atoms with E-state index in [-0.39, 0.29) is 18.9 Å². The Bertz CT molecular complexity index is 593. The summed E-state index contributed by atoms with van der Waals surface area (Å²) in [6, 6.07) is 8.47. The Balaban J connectivity index is 2.48. The fourth-order valence-electron chi connectivity index (χ4n) is 2.05. The monoisotopic (exact) mass is 330 g/mol. The average molecular weight is 330 g/mol. The first kappa shape index (κ1) is 19.2. The SMILES string of the molecule is C#CCCCC(=O)NCC(=O)NC(Cc1ccccc1)C(=O)OC. The summed E-state index contributed by atoms with van der Waals surface area (Å²) >= 11 is 0. The molecule has 128 valence electrons. The highest BCUT2D eigenvalue weighted by molar-refractivity contribution is 5.88. The number of amides is 2. The van der Waals surface area contributed by atoms with E-state index in [0.29, 0.717) is 19.3 Å². The topological polar surface area (TPSA) is 84.5 Å². The second-order valence-corrected chi connectivity index (χ2v) is 5.17. The molecule has 0 aliphatic rings. The molecule has 1 aromatic carbocycles. The van der Waals surface area contributed by atoms with Crippen LogP contribution >= 0.6 is 0 Å². The highest BCUT2D eigenvalue weighted by Gasteiger charge is 2.22. The van der Waals surface area contributed by atoms with Gasteiger partial charge < -0.3 is 15.4 Å². The van der Waals surface area contributed by atoms with Crippen LogP contribution in [0, 0.1) is 12.3 Å². The van der Waals surface area contributed by atoms with Crippen molar-refractivity contribution in [2.75, 3.05) is 13.7 Å². The van der Waals surface area contributed by atoms with Gasteiger partial charge in [-0.2, -0.15) is 0 Å². The van der Waals surface area contributed by atoms with Gasteiger partial charge in [-0.1, -0.05) is 30.3 Å². The number of carbonyl (C=O) groups excluding carboxylic acids is 3. The van der Waals surface area contributed by atoms with Crippen LogP contribution in [0.1, 0.15) is 24.8 Å². The van der Waals surface area contributed by atoms with Gasteiger partial charge in [-0.25, -0.2) is 4.79 Å². The lowest BCUT2D eigenvalue weighted by Gasteiger charge is -2.17. The summed E-state index contributed by atoms with van der Waals surface area (Å²) in [5, 5.41) is 5.07. The van der Waals surface area contributed by atoms with Gasteiger partial charge in [0, 0.05) is 19.3 Å². The molecule has 0 spiro atoms. The molecule has 24 heavy (non-hydrogen) atoms. The van der Waals surface area contributed by atoms with Gasteiger partial charge >= 0.3 is 5.97 Å². The highest BCUT2D eigenvalue weighted by Crippen LogP contribution is 2.04. The molecule has 0 radical (unpaired) electrons. The van der Waals surface area contributed by atoms with Crippen molar-refractivity contribution in [1.82, 2.24) is 10.6 Å². The Hall–Kier alpha value is -2.81. The standard InChI is InChI=1S/C18H22N2O4/c1-3-4-6-11-16(21)19-13-17(22)20-15(18(23)24-2)12-14-9-7-5-8-10-14/h1,5,7-10,15H,4,6,11-13H2,2H3,(H,19,21)(H,20,22). The molecule has 2 amide bonds. The third-order valence-corrected chi connectivity index (χ3v) is 3.27. The van der Waals surface area contributed by atoms with Crippen LogP contribution in [0.5, 0.6) is 0 Å². The van der Waals surface area contributed by atoms with Crippen LogP contribution in [0.15, 0.2) is 30.3 Å².